The number of hydrogen-bond donors (Lipinski definition) is 1. The molecular weight excluding hydrogens is 358 g/mol. The fourth-order valence-electron chi connectivity index (χ4n) is 2.72. The van der Waals surface area contributed by atoms with Gasteiger partial charge in [-0.25, -0.2) is 8.42 Å². The number of likely N-dealkylation sites (tertiary alicyclic amines) is 1. The number of carboxylic acids is 1. The van der Waals surface area contributed by atoms with Gasteiger partial charge in [-0.2, -0.15) is 0 Å². The number of sulfone groups is 1. The second-order valence-electron chi connectivity index (χ2n) is 5.60. The third-order valence-electron chi connectivity index (χ3n) is 3.93. The molecule has 1 fully saturated rings. The van der Waals surface area contributed by atoms with Crippen LogP contribution in [0.1, 0.15) is 12.8 Å². The molecule has 2 atom stereocenters. The molecular formula is C15H18ClNO6S. The molecule has 1 aliphatic rings. The zero-order valence-electron chi connectivity index (χ0n) is 13.0. The molecule has 2 unspecified atom stereocenters. The number of halogens is 1. The van der Waals surface area contributed by atoms with E-state index >= 15 is 0 Å². The fraction of sp³-hybridized carbons (Fsp3) is 0.467. The fourth-order valence-corrected chi connectivity index (χ4v) is 4.05. The predicted molar refractivity (Wildman–Crippen MR) is 86.7 cm³/mol. The molecule has 0 radical (unpaired) electrons. The Bertz CT molecular complexity index is 718. The summed E-state index contributed by atoms with van der Waals surface area (Å²) in [5.41, 5.74) is 0. The first-order valence-electron chi connectivity index (χ1n) is 7.25. The van der Waals surface area contributed by atoms with Gasteiger partial charge < -0.3 is 14.7 Å². The number of carboxylic acid groups (broad SMARTS) is 1. The number of carbonyl (C=O) groups excluding carboxylic acids is 1. The standard InChI is InChI=1S/C15H18ClNO6S/c1-23-12-6-11(7-15(19)20)17(8-12)14(18)9-24(21,22)13-4-2-10(16)3-5-13/h2-5,11-12H,6-9H2,1H3,(H,19,20). The van der Waals surface area contributed by atoms with Crippen LogP contribution >= 0.6 is 11.6 Å². The van der Waals surface area contributed by atoms with Gasteiger partial charge in [0.05, 0.1) is 17.4 Å². The number of amides is 1. The molecule has 7 nitrogen and oxygen atoms in total. The summed E-state index contributed by atoms with van der Waals surface area (Å²) in [5.74, 6) is -2.40. The van der Waals surface area contributed by atoms with Crippen LogP contribution in [0.25, 0.3) is 0 Å². The summed E-state index contributed by atoms with van der Waals surface area (Å²) in [7, 11) is -2.35. The van der Waals surface area contributed by atoms with Crippen molar-refractivity contribution in [3.63, 3.8) is 0 Å². The predicted octanol–water partition coefficient (Wildman–Crippen LogP) is 1.20. The zero-order valence-corrected chi connectivity index (χ0v) is 14.6. The lowest BCUT2D eigenvalue weighted by molar-refractivity contribution is -0.139. The third-order valence-corrected chi connectivity index (χ3v) is 5.80. The van der Waals surface area contributed by atoms with Crippen molar-refractivity contribution in [2.75, 3.05) is 19.4 Å². The van der Waals surface area contributed by atoms with E-state index in [2.05, 4.69) is 0 Å². The normalized spacial score (nSPS) is 21.0. The Kier molecular flexibility index (Phi) is 5.84. The number of ether oxygens (including phenoxy) is 1. The molecule has 2 rings (SSSR count). The number of carbonyl (C=O) groups is 2. The van der Waals surface area contributed by atoms with E-state index in [0.29, 0.717) is 11.4 Å². The Hall–Kier alpha value is -1.64. The molecule has 0 bridgehead atoms. The van der Waals surface area contributed by atoms with Crippen LogP contribution in [-0.4, -0.2) is 61.9 Å². The van der Waals surface area contributed by atoms with Gasteiger partial charge in [-0.05, 0) is 30.7 Å². The first-order valence-corrected chi connectivity index (χ1v) is 9.28. The minimum absolute atomic E-state index is 0.00229. The van der Waals surface area contributed by atoms with Gasteiger partial charge in [0.1, 0.15) is 5.75 Å². The number of methoxy groups -OCH3 is 1. The lowest BCUT2D eigenvalue weighted by atomic mass is 10.1. The summed E-state index contributed by atoms with van der Waals surface area (Å²) in [6.07, 6.45) is -0.168. The van der Waals surface area contributed by atoms with Crippen LogP contribution in [0.5, 0.6) is 0 Å². The Morgan fingerprint density at radius 2 is 1.96 bits per heavy atom. The quantitative estimate of drug-likeness (QED) is 0.801. The molecule has 0 aromatic heterocycles. The molecule has 1 saturated heterocycles. The highest BCUT2D eigenvalue weighted by molar-refractivity contribution is 7.92. The van der Waals surface area contributed by atoms with Crippen molar-refractivity contribution in [2.45, 2.75) is 29.9 Å². The van der Waals surface area contributed by atoms with E-state index in [1.54, 1.807) is 0 Å². The lowest BCUT2D eigenvalue weighted by Crippen LogP contribution is -2.40. The maximum atomic E-state index is 12.4. The van der Waals surface area contributed by atoms with Crippen LogP contribution in [0.15, 0.2) is 29.2 Å². The van der Waals surface area contributed by atoms with Gasteiger partial charge in [0.2, 0.25) is 5.91 Å². The summed E-state index contributed by atoms with van der Waals surface area (Å²) >= 11 is 5.73. The number of nitrogens with zero attached hydrogens (tertiary/aromatic N) is 1. The summed E-state index contributed by atoms with van der Waals surface area (Å²) in [5, 5.41) is 9.35. The monoisotopic (exact) mass is 375 g/mol. The summed E-state index contributed by atoms with van der Waals surface area (Å²) in [4.78, 5) is 24.7. The molecule has 1 N–H and O–H groups in total. The van der Waals surface area contributed by atoms with E-state index in [9.17, 15) is 18.0 Å². The molecule has 9 heteroatoms. The first-order chi connectivity index (χ1) is 11.2. The molecule has 1 heterocycles. The molecule has 132 valence electrons. The Morgan fingerprint density at radius 3 is 2.50 bits per heavy atom. The van der Waals surface area contributed by atoms with E-state index < -0.39 is 33.5 Å². The highest BCUT2D eigenvalue weighted by Gasteiger charge is 2.38. The van der Waals surface area contributed by atoms with E-state index in [1.807, 2.05) is 0 Å². The van der Waals surface area contributed by atoms with Crippen LogP contribution in [-0.2, 0) is 24.2 Å². The van der Waals surface area contributed by atoms with E-state index in [-0.39, 0.29) is 24.0 Å². The van der Waals surface area contributed by atoms with Crippen molar-refractivity contribution in [1.82, 2.24) is 4.90 Å². The van der Waals surface area contributed by atoms with Gasteiger partial charge in [-0.3, -0.25) is 9.59 Å². The van der Waals surface area contributed by atoms with Crippen LogP contribution in [0.2, 0.25) is 5.02 Å². The molecule has 0 saturated carbocycles. The van der Waals surface area contributed by atoms with Gasteiger partial charge in [-0.1, -0.05) is 11.6 Å². The second kappa shape index (κ2) is 7.50. The maximum absolute atomic E-state index is 12.4. The van der Waals surface area contributed by atoms with Crippen molar-refractivity contribution < 1.29 is 27.9 Å². The van der Waals surface area contributed by atoms with Crippen LogP contribution < -0.4 is 0 Å². The average molecular weight is 376 g/mol. The van der Waals surface area contributed by atoms with Crippen LogP contribution in [0.4, 0.5) is 0 Å². The lowest BCUT2D eigenvalue weighted by Gasteiger charge is -2.23. The van der Waals surface area contributed by atoms with Crippen LogP contribution in [0.3, 0.4) is 0 Å². The number of hydrogen-bond acceptors (Lipinski definition) is 5. The van der Waals surface area contributed by atoms with E-state index in [4.69, 9.17) is 21.4 Å². The SMILES string of the molecule is COC1CC(CC(=O)O)N(C(=O)CS(=O)(=O)c2ccc(Cl)cc2)C1. The molecule has 1 aliphatic heterocycles. The molecule has 0 spiro atoms. The highest BCUT2D eigenvalue weighted by atomic mass is 35.5. The molecule has 1 amide bonds. The van der Waals surface area contributed by atoms with Crippen molar-refractivity contribution in [1.29, 1.82) is 0 Å². The number of benzene rings is 1. The summed E-state index contributed by atoms with van der Waals surface area (Å²) in [6, 6.07) is 4.97. The molecule has 1 aromatic carbocycles. The number of aliphatic carboxylic acids is 1. The van der Waals surface area contributed by atoms with E-state index in [1.165, 1.54) is 36.3 Å². The summed E-state index contributed by atoms with van der Waals surface area (Å²) < 4.78 is 29.9. The van der Waals surface area contributed by atoms with Crippen LogP contribution in [0, 0.1) is 0 Å². The average Bonchev–Trinajstić information content (AvgIpc) is 2.89. The van der Waals surface area contributed by atoms with Gasteiger partial charge in [-0.15, -0.1) is 0 Å². The summed E-state index contributed by atoms with van der Waals surface area (Å²) in [6.45, 7) is 0.184. The molecule has 1 aromatic rings. The molecule has 24 heavy (non-hydrogen) atoms. The number of rotatable bonds is 6. The van der Waals surface area contributed by atoms with E-state index in [0.717, 1.165) is 0 Å². The Morgan fingerprint density at radius 1 is 1.33 bits per heavy atom. The van der Waals surface area contributed by atoms with Crippen molar-refractivity contribution >= 4 is 33.3 Å². The highest BCUT2D eigenvalue weighted by Crippen LogP contribution is 2.24. The minimum Gasteiger partial charge on any atom is -0.481 e. The van der Waals surface area contributed by atoms with Crippen molar-refractivity contribution in [3.05, 3.63) is 29.3 Å². The van der Waals surface area contributed by atoms with Gasteiger partial charge >= 0.3 is 5.97 Å². The van der Waals surface area contributed by atoms with Gasteiger partial charge in [0, 0.05) is 24.7 Å². The Labute approximate surface area is 145 Å². The largest absolute Gasteiger partial charge is 0.481 e. The van der Waals surface area contributed by atoms with Crippen molar-refractivity contribution in [3.8, 4) is 0 Å². The third kappa shape index (κ3) is 4.46. The maximum Gasteiger partial charge on any atom is 0.305 e. The van der Waals surface area contributed by atoms with Gasteiger partial charge in [0.15, 0.2) is 9.84 Å². The minimum atomic E-state index is -3.83. The molecule has 0 aliphatic carbocycles. The van der Waals surface area contributed by atoms with Gasteiger partial charge in [0.25, 0.3) is 0 Å². The first kappa shape index (κ1) is 18.7. The zero-order chi connectivity index (χ0) is 17.9. The Balaban J connectivity index is 2.14. The second-order valence-corrected chi connectivity index (χ2v) is 8.03. The topological polar surface area (TPSA) is 101 Å². The smallest absolute Gasteiger partial charge is 0.305 e. The van der Waals surface area contributed by atoms with Crippen molar-refractivity contribution in [2.24, 2.45) is 0 Å².